The minimum absolute atomic E-state index is 0.00197. The molecule has 178 valence electrons. The maximum Gasteiger partial charge on any atom is 0.188 e. The van der Waals surface area contributed by atoms with Crippen molar-refractivity contribution in [2.75, 3.05) is 26.4 Å². The second kappa shape index (κ2) is 6.91. The summed E-state index contributed by atoms with van der Waals surface area (Å²) in [6.45, 7) is 13.7. The standard InChI is InChI=1S/C27H40O5/c1-5-18(2)26(28)17-24(4)21(8-9-27(24)31-14-15-32-27)20-7-6-19-16-25(29-12-13-30-25)11-10-23(19,3)22(20)26/h5,16,18,20-22,28H,1,6-15,17H2,2-4H3/t18?,20-,21-,22-,23-,24-,26+/m0/s1. The fourth-order valence-corrected chi connectivity index (χ4v) is 9.29. The zero-order valence-corrected chi connectivity index (χ0v) is 20.0. The molecule has 2 saturated heterocycles. The van der Waals surface area contributed by atoms with E-state index in [9.17, 15) is 5.11 Å². The van der Waals surface area contributed by atoms with Crippen molar-refractivity contribution < 1.29 is 24.1 Å². The fraction of sp³-hybridized carbons (Fsp3) is 0.852. The van der Waals surface area contributed by atoms with Crippen LogP contribution in [-0.4, -0.2) is 48.7 Å². The van der Waals surface area contributed by atoms with Gasteiger partial charge in [-0.3, -0.25) is 0 Å². The van der Waals surface area contributed by atoms with Gasteiger partial charge in [0.15, 0.2) is 11.6 Å². The highest BCUT2D eigenvalue weighted by atomic mass is 16.7. The SMILES string of the molecule is C=CC(C)[C@]1(O)C[C@@]2(C)[C@@H](CCC23OCCO3)[C@@H]2CCC3=CC4(CC[C@]3(C)[C@H]21)OCCO4. The van der Waals surface area contributed by atoms with Crippen LogP contribution in [0, 0.1) is 34.5 Å². The molecular weight excluding hydrogens is 404 g/mol. The van der Waals surface area contributed by atoms with Gasteiger partial charge in [-0.2, -0.15) is 0 Å². The summed E-state index contributed by atoms with van der Waals surface area (Å²) in [6, 6.07) is 0. The molecule has 1 unspecified atom stereocenters. The number of hydrogen-bond acceptors (Lipinski definition) is 5. The molecule has 7 atom stereocenters. The van der Waals surface area contributed by atoms with E-state index >= 15 is 0 Å². The summed E-state index contributed by atoms with van der Waals surface area (Å²) in [5.41, 5.74) is 0.359. The molecule has 0 aromatic rings. The summed E-state index contributed by atoms with van der Waals surface area (Å²) in [5.74, 6) is 0.0902. The Bertz CT molecular complexity index is 824. The first kappa shape index (κ1) is 21.8. The molecule has 0 bridgehead atoms. The summed E-state index contributed by atoms with van der Waals surface area (Å²) in [7, 11) is 0. The van der Waals surface area contributed by atoms with Gasteiger partial charge in [0, 0.05) is 30.1 Å². The molecule has 5 nitrogen and oxygen atoms in total. The molecule has 32 heavy (non-hydrogen) atoms. The van der Waals surface area contributed by atoms with Crippen LogP contribution in [0.25, 0.3) is 0 Å². The summed E-state index contributed by atoms with van der Waals surface area (Å²) in [6.07, 6.45) is 11.1. The van der Waals surface area contributed by atoms with E-state index in [1.54, 1.807) is 0 Å². The van der Waals surface area contributed by atoms with Crippen molar-refractivity contribution in [3.63, 3.8) is 0 Å². The third-order valence-electron chi connectivity index (χ3n) is 10.8. The number of hydrogen-bond donors (Lipinski definition) is 1. The quantitative estimate of drug-likeness (QED) is 0.631. The molecule has 0 aromatic carbocycles. The third kappa shape index (κ3) is 2.58. The molecule has 1 N–H and O–H groups in total. The largest absolute Gasteiger partial charge is 0.389 e. The maximum atomic E-state index is 12.7. The van der Waals surface area contributed by atoms with E-state index < -0.39 is 17.2 Å². The molecule has 5 fully saturated rings. The number of aliphatic hydroxyl groups is 1. The Morgan fingerprint density at radius 3 is 2.41 bits per heavy atom. The van der Waals surface area contributed by atoms with Crippen molar-refractivity contribution in [1.82, 2.24) is 0 Å². The lowest BCUT2D eigenvalue weighted by molar-refractivity contribution is -0.284. The Hall–Kier alpha value is -0.720. The van der Waals surface area contributed by atoms with Gasteiger partial charge in [-0.25, -0.2) is 0 Å². The maximum absolute atomic E-state index is 12.7. The minimum Gasteiger partial charge on any atom is -0.389 e. The Morgan fingerprint density at radius 2 is 1.72 bits per heavy atom. The van der Waals surface area contributed by atoms with Gasteiger partial charge in [0.05, 0.1) is 32.0 Å². The first-order valence-corrected chi connectivity index (χ1v) is 12.9. The Labute approximate surface area is 192 Å². The Morgan fingerprint density at radius 1 is 1.03 bits per heavy atom. The van der Waals surface area contributed by atoms with E-state index in [1.807, 2.05) is 6.08 Å². The average molecular weight is 445 g/mol. The van der Waals surface area contributed by atoms with Crippen molar-refractivity contribution in [1.29, 1.82) is 0 Å². The minimum atomic E-state index is -0.847. The number of fused-ring (bicyclic) bond motifs is 6. The molecule has 6 aliphatic rings. The van der Waals surface area contributed by atoms with Crippen molar-refractivity contribution >= 4 is 0 Å². The molecule has 0 amide bonds. The predicted molar refractivity (Wildman–Crippen MR) is 121 cm³/mol. The van der Waals surface area contributed by atoms with Crippen LogP contribution in [0.15, 0.2) is 24.3 Å². The van der Waals surface area contributed by atoms with E-state index in [1.165, 1.54) is 5.57 Å². The van der Waals surface area contributed by atoms with E-state index in [-0.39, 0.29) is 22.7 Å². The van der Waals surface area contributed by atoms with Crippen LogP contribution in [-0.2, 0) is 18.9 Å². The van der Waals surface area contributed by atoms with Crippen LogP contribution < -0.4 is 0 Å². The zero-order valence-electron chi connectivity index (χ0n) is 20.0. The topological polar surface area (TPSA) is 57.2 Å². The second-order valence-corrected chi connectivity index (χ2v) is 12.0. The molecule has 3 saturated carbocycles. The van der Waals surface area contributed by atoms with Crippen molar-refractivity contribution in [3.8, 4) is 0 Å². The van der Waals surface area contributed by atoms with Crippen molar-refractivity contribution in [2.24, 2.45) is 34.5 Å². The van der Waals surface area contributed by atoms with Gasteiger partial charge in [0.1, 0.15) is 0 Å². The second-order valence-electron chi connectivity index (χ2n) is 12.0. The number of rotatable bonds is 2. The van der Waals surface area contributed by atoms with Crippen LogP contribution in [0.1, 0.15) is 65.7 Å². The van der Waals surface area contributed by atoms with E-state index in [4.69, 9.17) is 18.9 Å². The Balaban J connectivity index is 1.46. The van der Waals surface area contributed by atoms with E-state index in [0.29, 0.717) is 44.7 Å². The van der Waals surface area contributed by atoms with Gasteiger partial charge in [0.25, 0.3) is 0 Å². The smallest absolute Gasteiger partial charge is 0.188 e. The predicted octanol–water partition coefficient (Wildman–Crippen LogP) is 4.60. The lowest BCUT2D eigenvalue weighted by Gasteiger charge is -2.66. The van der Waals surface area contributed by atoms with Gasteiger partial charge in [-0.1, -0.05) is 32.4 Å². The summed E-state index contributed by atoms with van der Waals surface area (Å²) in [5, 5.41) is 12.7. The molecule has 5 heteroatoms. The average Bonchev–Trinajstić information content (AvgIpc) is 3.49. The van der Waals surface area contributed by atoms with Gasteiger partial charge < -0.3 is 24.1 Å². The van der Waals surface area contributed by atoms with Crippen LogP contribution in [0.2, 0.25) is 0 Å². The van der Waals surface area contributed by atoms with Crippen LogP contribution in [0.4, 0.5) is 0 Å². The van der Waals surface area contributed by atoms with Gasteiger partial charge in [-0.05, 0) is 55.4 Å². The highest BCUT2D eigenvalue weighted by Crippen LogP contribution is 2.72. The number of allylic oxidation sites excluding steroid dienone is 1. The summed E-state index contributed by atoms with van der Waals surface area (Å²) >= 11 is 0. The highest BCUT2D eigenvalue weighted by molar-refractivity contribution is 5.31. The Kier molecular flexibility index (Phi) is 4.71. The molecular formula is C27H40O5. The van der Waals surface area contributed by atoms with Crippen LogP contribution in [0.5, 0.6) is 0 Å². The molecule has 2 aliphatic heterocycles. The van der Waals surface area contributed by atoms with E-state index in [0.717, 1.165) is 38.5 Å². The molecule has 4 aliphatic carbocycles. The van der Waals surface area contributed by atoms with E-state index in [2.05, 4.69) is 33.4 Å². The lowest BCUT2D eigenvalue weighted by Crippen LogP contribution is -2.67. The molecule has 2 spiro atoms. The summed E-state index contributed by atoms with van der Waals surface area (Å²) < 4.78 is 24.8. The summed E-state index contributed by atoms with van der Waals surface area (Å²) in [4.78, 5) is 0. The van der Waals surface area contributed by atoms with Gasteiger partial charge >= 0.3 is 0 Å². The lowest BCUT2D eigenvalue weighted by atomic mass is 9.41. The van der Waals surface area contributed by atoms with Crippen molar-refractivity contribution in [3.05, 3.63) is 24.3 Å². The molecule has 0 radical (unpaired) electrons. The van der Waals surface area contributed by atoms with Gasteiger partial charge in [-0.15, -0.1) is 6.58 Å². The molecule has 2 heterocycles. The molecule has 0 aromatic heterocycles. The monoisotopic (exact) mass is 444 g/mol. The highest BCUT2D eigenvalue weighted by Gasteiger charge is 2.73. The van der Waals surface area contributed by atoms with Gasteiger partial charge in [0.2, 0.25) is 0 Å². The third-order valence-corrected chi connectivity index (χ3v) is 10.8. The molecule has 6 rings (SSSR count). The first-order chi connectivity index (χ1) is 15.2. The normalized spacial score (nSPS) is 49.4. The zero-order chi connectivity index (χ0) is 22.4. The number of ether oxygens (including phenoxy) is 4. The van der Waals surface area contributed by atoms with Crippen LogP contribution >= 0.6 is 0 Å². The first-order valence-electron chi connectivity index (χ1n) is 12.9. The van der Waals surface area contributed by atoms with Crippen LogP contribution in [0.3, 0.4) is 0 Å². The van der Waals surface area contributed by atoms with Crippen molar-refractivity contribution in [2.45, 2.75) is 82.9 Å². The fourth-order valence-electron chi connectivity index (χ4n) is 9.29.